The maximum absolute atomic E-state index is 12.7. The highest BCUT2D eigenvalue weighted by atomic mass is 35.5. The topological polar surface area (TPSA) is 24.4 Å². The summed E-state index contributed by atoms with van der Waals surface area (Å²) in [6, 6.07) is 5.32. The number of rotatable bonds is 3. The molecule has 0 saturated carbocycles. The first-order valence-electron chi connectivity index (χ1n) is 4.90. The minimum Gasteiger partial charge on any atom is -0.372 e. The van der Waals surface area contributed by atoms with E-state index in [1.807, 2.05) is 6.07 Å². The lowest BCUT2D eigenvalue weighted by Crippen LogP contribution is -2.21. The number of alkyl halides is 1. The van der Waals surface area contributed by atoms with Crippen LogP contribution in [0.5, 0.6) is 0 Å². The zero-order valence-electron chi connectivity index (χ0n) is 8.26. The van der Waals surface area contributed by atoms with Crippen molar-refractivity contribution >= 4 is 17.4 Å². The maximum Gasteiger partial charge on any atom is 0.115 e. The van der Waals surface area contributed by atoms with Gasteiger partial charge in [-0.1, -0.05) is 17.7 Å². The van der Waals surface area contributed by atoms with E-state index in [4.69, 9.17) is 11.6 Å². The molecule has 15 heavy (non-hydrogen) atoms. The highest BCUT2D eigenvalue weighted by Crippen LogP contribution is 2.18. The normalized spacial score (nSPS) is 14.9. The van der Waals surface area contributed by atoms with Gasteiger partial charge in [0.2, 0.25) is 0 Å². The molecule has 1 heterocycles. The fourth-order valence-corrected chi connectivity index (χ4v) is 1.83. The predicted molar refractivity (Wildman–Crippen MR) is 60.3 cm³/mol. The standard InChI is InChI=1S/C11H12ClFN2/c12-10-2-1-8(9(5-10)7-13)6-11-14-3-4-15-11/h1-2,5H,3-4,6-7H2,(H,14,15). The van der Waals surface area contributed by atoms with Crippen LogP contribution in [0.4, 0.5) is 4.39 Å². The van der Waals surface area contributed by atoms with Crippen molar-refractivity contribution in [3.63, 3.8) is 0 Å². The Bertz CT molecular complexity index is 390. The molecule has 80 valence electrons. The average Bonchev–Trinajstić information content (AvgIpc) is 2.73. The van der Waals surface area contributed by atoms with E-state index in [1.165, 1.54) is 0 Å². The molecule has 0 fully saturated rings. The zero-order chi connectivity index (χ0) is 10.7. The molecule has 0 atom stereocenters. The molecule has 0 aromatic heterocycles. The van der Waals surface area contributed by atoms with Gasteiger partial charge >= 0.3 is 0 Å². The van der Waals surface area contributed by atoms with Crippen molar-refractivity contribution in [3.8, 4) is 0 Å². The number of hydrogen-bond acceptors (Lipinski definition) is 2. The van der Waals surface area contributed by atoms with Crippen LogP contribution in [0, 0.1) is 0 Å². The molecule has 0 spiro atoms. The van der Waals surface area contributed by atoms with Gasteiger partial charge in [0.15, 0.2) is 0 Å². The summed E-state index contributed by atoms with van der Waals surface area (Å²) >= 11 is 5.80. The van der Waals surface area contributed by atoms with Crippen LogP contribution < -0.4 is 5.32 Å². The maximum atomic E-state index is 12.7. The van der Waals surface area contributed by atoms with Crippen LogP contribution >= 0.6 is 11.6 Å². The van der Waals surface area contributed by atoms with E-state index in [9.17, 15) is 4.39 Å². The van der Waals surface area contributed by atoms with Crippen LogP contribution in [0.25, 0.3) is 0 Å². The predicted octanol–water partition coefficient (Wildman–Crippen LogP) is 2.35. The summed E-state index contributed by atoms with van der Waals surface area (Å²) in [5, 5.41) is 3.74. The first-order chi connectivity index (χ1) is 7.29. The number of hydrogen-bond donors (Lipinski definition) is 1. The minimum atomic E-state index is -0.483. The van der Waals surface area contributed by atoms with Crippen molar-refractivity contribution < 1.29 is 4.39 Å². The van der Waals surface area contributed by atoms with Crippen molar-refractivity contribution in [1.82, 2.24) is 5.32 Å². The van der Waals surface area contributed by atoms with E-state index >= 15 is 0 Å². The van der Waals surface area contributed by atoms with E-state index in [0.717, 1.165) is 24.5 Å². The van der Waals surface area contributed by atoms with Gasteiger partial charge in [0.25, 0.3) is 0 Å². The molecule has 2 nitrogen and oxygen atoms in total. The second-order valence-corrected chi connectivity index (χ2v) is 3.92. The van der Waals surface area contributed by atoms with Crippen LogP contribution in [0.15, 0.2) is 23.2 Å². The molecule has 1 aliphatic heterocycles. The molecule has 0 amide bonds. The Balaban J connectivity index is 2.19. The van der Waals surface area contributed by atoms with Gasteiger partial charge in [0.05, 0.1) is 6.54 Å². The van der Waals surface area contributed by atoms with Crippen molar-refractivity contribution in [3.05, 3.63) is 34.3 Å². The second-order valence-electron chi connectivity index (χ2n) is 3.48. The summed E-state index contributed by atoms with van der Waals surface area (Å²) in [4.78, 5) is 4.28. The van der Waals surface area contributed by atoms with Gasteiger partial charge in [0.1, 0.15) is 12.5 Å². The zero-order valence-corrected chi connectivity index (χ0v) is 9.02. The Labute approximate surface area is 93.2 Å². The van der Waals surface area contributed by atoms with E-state index < -0.39 is 6.67 Å². The molecule has 0 saturated heterocycles. The summed E-state index contributed by atoms with van der Waals surface area (Å²) in [5.41, 5.74) is 1.61. The van der Waals surface area contributed by atoms with Gasteiger partial charge in [-0.25, -0.2) is 4.39 Å². The SMILES string of the molecule is FCc1cc(Cl)ccc1CC1=NCCN1. The smallest absolute Gasteiger partial charge is 0.115 e. The van der Waals surface area contributed by atoms with Crippen LogP contribution in [0.3, 0.4) is 0 Å². The Morgan fingerprint density at radius 2 is 2.27 bits per heavy atom. The Kier molecular flexibility index (Phi) is 3.21. The molecule has 4 heteroatoms. The Morgan fingerprint density at radius 1 is 1.40 bits per heavy atom. The summed E-state index contributed by atoms with van der Waals surface area (Å²) in [6.45, 7) is 1.21. The number of benzene rings is 1. The first-order valence-corrected chi connectivity index (χ1v) is 5.28. The largest absolute Gasteiger partial charge is 0.372 e. The van der Waals surface area contributed by atoms with Gasteiger partial charge in [-0.15, -0.1) is 0 Å². The number of aliphatic imine (C=N–C) groups is 1. The molecule has 0 aliphatic carbocycles. The van der Waals surface area contributed by atoms with Crippen molar-refractivity contribution in [2.45, 2.75) is 13.1 Å². The van der Waals surface area contributed by atoms with Crippen LogP contribution in [0.1, 0.15) is 11.1 Å². The van der Waals surface area contributed by atoms with Crippen molar-refractivity contribution in [2.24, 2.45) is 4.99 Å². The highest BCUT2D eigenvalue weighted by molar-refractivity contribution is 6.30. The quantitative estimate of drug-likeness (QED) is 0.841. The molecule has 2 rings (SSSR count). The molecule has 1 aromatic rings. The van der Waals surface area contributed by atoms with E-state index in [1.54, 1.807) is 12.1 Å². The minimum absolute atomic E-state index is 0.483. The van der Waals surface area contributed by atoms with Crippen LogP contribution in [-0.2, 0) is 13.1 Å². The highest BCUT2D eigenvalue weighted by Gasteiger charge is 2.09. The molecular weight excluding hydrogens is 215 g/mol. The van der Waals surface area contributed by atoms with E-state index in [2.05, 4.69) is 10.3 Å². The van der Waals surface area contributed by atoms with Crippen molar-refractivity contribution in [2.75, 3.05) is 13.1 Å². The summed E-state index contributed by atoms with van der Waals surface area (Å²) < 4.78 is 12.7. The van der Waals surface area contributed by atoms with Gasteiger partial charge in [-0.3, -0.25) is 4.99 Å². The summed E-state index contributed by atoms with van der Waals surface area (Å²) in [7, 11) is 0. The first kappa shape index (κ1) is 10.4. The Hall–Kier alpha value is -1.09. The molecule has 1 N–H and O–H groups in total. The van der Waals surface area contributed by atoms with Gasteiger partial charge in [0, 0.05) is 18.0 Å². The third-order valence-electron chi connectivity index (χ3n) is 2.41. The lowest BCUT2D eigenvalue weighted by atomic mass is 10.1. The van der Waals surface area contributed by atoms with E-state index in [0.29, 0.717) is 17.0 Å². The molecular formula is C11H12ClFN2. The second kappa shape index (κ2) is 4.62. The average molecular weight is 227 g/mol. The van der Waals surface area contributed by atoms with Gasteiger partial charge in [-0.2, -0.15) is 0 Å². The molecule has 0 unspecified atom stereocenters. The summed E-state index contributed by atoms with van der Waals surface area (Å²) in [5.74, 6) is 0.937. The molecule has 1 aromatic carbocycles. The number of nitrogens with zero attached hydrogens (tertiary/aromatic N) is 1. The molecule has 0 bridgehead atoms. The van der Waals surface area contributed by atoms with Gasteiger partial charge in [-0.05, 0) is 23.3 Å². The molecule has 1 aliphatic rings. The van der Waals surface area contributed by atoms with Gasteiger partial charge < -0.3 is 5.32 Å². The number of nitrogens with one attached hydrogen (secondary N) is 1. The van der Waals surface area contributed by atoms with Crippen LogP contribution in [0.2, 0.25) is 5.02 Å². The number of halogens is 2. The summed E-state index contributed by atoms with van der Waals surface area (Å²) in [6.07, 6.45) is 0.663. The van der Waals surface area contributed by atoms with E-state index in [-0.39, 0.29) is 0 Å². The Morgan fingerprint density at radius 3 is 2.93 bits per heavy atom. The lowest BCUT2D eigenvalue weighted by Gasteiger charge is -2.07. The van der Waals surface area contributed by atoms with Crippen molar-refractivity contribution in [1.29, 1.82) is 0 Å². The lowest BCUT2D eigenvalue weighted by molar-refractivity contribution is 0.483. The monoisotopic (exact) mass is 226 g/mol. The molecule has 0 radical (unpaired) electrons. The third kappa shape index (κ3) is 2.48. The fraction of sp³-hybridized carbons (Fsp3) is 0.364. The van der Waals surface area contributed by atoms with Crippen LogP contribution in [-0.4, -0.2) is 18.9 Å². The third-order valence-corrected chi connectivity index (χ3v) is 2.65. The fourth-order valence-electron chi connectivity index (χ4n) is 1.64. The number of amidine groups is 1.